The molecule has 1 aromatic carbocycles. The molecule has 2 aromatic rings. The fourth-order valence-electron chi connectivity index (χ4n) is 3.07. The van der Waals surface area contributed by atoms with Crippen LogP contribution < -0.4 is 5.32 Å². The van der Waals surface area contributed by atoms with Gasteiger partial charge >= 0.3 is 0 Å². The predicted molar refractivity (Wildman–Crippen MR) is 92.8 cm³/mol. The van der Waals surface area contributed by atoms with E-state index in [4.69, 9.17) is 0 Å². The highest BCUT2D eigenvalue weighted by molar-refractivity contribution is 5.85. The van der Waals surface area contributed by atoms with Gasteiger partial charge in [-0.2, -0.15) is 0 Å². The lowest BCUT2D eigenvalue weighted by Crippen LogP contribution is -2.32. The minimum atomic E-state index is 0. The summed E-state index contributed by atoms with van der Waals surface area (Å²) in [6.07, 6.45) is 7.71. The standard InChI is InChI=1S/C17H24N4.ClH/c1-20(15-8-5-10-18-11-9-15)14-17-19-12-13-21(17)16-6-3-2-4-7-16;/h2-4,6-7,12-13,15,18H,5,8-11,14H2,1H3;1H. The van der Waals surface area contributed by atoms with E-state index >= 15 is 0 Å². The quantitative estimate of drug-likeness (QED) is 0.940. The van der Waals surface area contributed by atoms with Gasteiger partial charge in [-0.3, -0.25) is 4.90 Å². The van der Waals surface area contributed by atoms with E-state index in [0.29, 0.717) is 6.04 Å². The first-order valence-electron chi connectivity index (χ1n) is 7.83. The van der Waals surface area contributed by atoms with Crippen LogP contribution in [0.4, 0.5) is 0 Å². The molecule has 4 nitrogen and oxygen atoms in total. The van der Waals surface area contributed by atoms with Crippen molar-refractivity contribution >= 4 is 12.4 Å². The Morgan fingerprint density at radius 2 is 2.05 bits per heavy atom. The first-order chi connectivity index (χ1) is 10.3. The van der Waals surface area contributed by atoms with E-state index in [0.717, 1.165) is 25.5 Å². The van der Waals surface area contributed by atoms with Crippen molar-refractivity contribution in [3.63, 3.8) is 0 Å². The second kappa shape index (κ2) is 8.32. The van der Waals surface area contributed by atoms with Crippen molar-refractivity contribution in [2.45, 2.75) is 31.8 Å². The van der Waals surface area contributed by atoms with Crippen LogP contribution in [0.25, 0.3) is 5.69 Å². The Morgan fingerprint density at radius 1 is 1.23 bits per heavy atom. The molecule has 22 heavy (non-hydrogen) atoms. The van der Waals surface area contributed by atoms with E-state index in [1.54, 1.807) is 0 Å². The van der Waals surface area contributed by atoms with Crippen LogP contribution >= 0.6 is 12.4 Å². The molecule has 1 atom stereocenters. The third-order valence-corrected chi connectivity index (χ3v) is 4.31. The van der Waals surface area contributed by atoms with E-state index < -0.39 is 0 Å². The fourth-order valence-corrected chi connectivity index (χ4v) is 3.07. The Morgan fingerprint density at radius 3 is 2.86 bits per heavy atom. The lowest BCUT2D eigenvalue weighted by molar-refractivity contribution is 0.211. The number of halogens is 1. The summed E-state index contributed by atoms with van der Waals surface area (Å²) >= 11 is 0. The smallest absolute Gasteiger partial charge is 0.127 e. The van der Waals surface area contributed by atoms with Crippen LogP contribution in [0.15, 0.2) is 42.7 Å². The first-order valence-corrected chi connectivity index (χ1v) is 7.83. The molecule has 0 aliphatic carbocycles. The van der Waals surface area contributed by atoms with Gasteiger partial charge < -0.3 is 9.88 Å². The molecular weight excluding hydrogens is 296 g/mol. The van der Waals surface area contributed by atoms with E-state index in [1.807, 2.05) is 18.5 Å². The third-order valence-electron chi connectivity index (χ3n) is 4.31. The fraction of sp³-hybridized carbons (Fsp3) is 0.471. The SMILES string of the molecule is CN(Cc1nccn1-c1ccccc1)C1CCCNCC1.Cl. The van der Waals surface area contributed by atoms with Crippen LogP contribution in [0, 0.1) is 0 Å². The summed E-state index contributed by atoms with van der Waals surface area (Å²) in [6.45, 7) is 3.18. The van der Waals surface area contributed by atoms with Gasteiger partial charge in [0.2, 0.25) is 0 Å². The molecule has 1 N–H and O–H groups in total. The lowest BCUT2D eigenvalue weighted by Gasteiger charge is -2.26. The van der Waals surface area contributed by atoms with E-state index in [-0.39, 0.29) is 12.4 Å². The van der Waals surface area contributed by atoms with Gasteiger partial charge in [-0.25, -0.2) is 4.98 Å². The maximum atomic E-state index is 4.56. The normalized spacial score (nSPS) is 18.7. The zero-order valence-electron chi connectivity index (χ0n) is 13.1. The summed E-state index contributed by atoms with van der Waals surface area (Å²) in [5.74, 6) is 1.11. The van der Waals surface area contributed by atoms with Crippen molar-refractivity contribution in [1.82, 2.24) is 19.8 Å². The second-order valence-corrected chi connectivity index (χ2v) is 5.80. The van der Waals surface area contributed by atoms with Gasteiger partial charge in [0, 0.05) is 24.1 Å². The van der Waals surface area contributed by atoms with Gasteiger partial charge in [-0.1, -0.05) is 18.2 Å². The number of nitrogens with one attached hydrogen (secondary N) is 1. The zero-order valence-corrected chi connectivity index (χ0v) is 13.9. The van der Waals surface area contributed by atoms with Crippen LogP contribution in [0.5, 0.6) is 0 Å². The predicted octanol–water partition coefficient (Wildman–Crippen LogP) is 2.87. The number of benzene rings is 1. The zero-order chi connectivity index (χ0) is 14.5. The van der Waals surface area contributed by atoms with Crippen molar-refractivity contribution in [2.24, 2.45) is 0 Å². The Kier molecular flexibility index (Phi) is 6.43. The molecule has 1 fully saturated rings. The van der Waals surface area contributed by atoms with Crippen LogP contribution in [0.3, 0.4) is 0 Å². The van der Waals surface area contributed by atoms with Gasteiger partial charge in [-0.15, -0.1) is 12.4 Å². The number of rotatable bonds is 4. The largest absolute Gasteiger partial charge is 0.317 e. The molecule has 5 heteroatoms. The Hall–Kier alpha value is -1.36. The number of nitrogens with zero attached hydrogens (tertiary/aromatic N) is 3. The minimum absolute atomic E-state index is 0. The van der Waals surface area contributed by atoms with Crippen LogP contribution in [0.2, 0.25) is 0 Å². The van der Waals surface area contributed by atoms with Gasteiger partial charge in [0.25, 0.3) is 0 Å². The molecule has 1 saturated heterocycles. The molecule has 120 valence electrons. The number of hydrogen-bond acceptors (Lipinski definition) is 3. The molecule has 1 aliphatic rings. The molecule has 2 heterocycles. The van der Waals surface area contributed by atoms with Crippen LogP contribution in [-0.4, -0.2) is 40.6 Å². The molecule has 0 radical (unpaired) electrons. The summed E-state index contributed by atoms with van der Waals surface area (Å²) in [7, 11) is 2.22. The van der Waals surface area contributed by atoms with Crippen molar-refractivity contribution < 1.29 is 0 Å². The molecule has 3 rings (SSSR count). The highest BCUT2D eigenvalue weighted by Gasteiger charge is 2.18. The molecule has 0 saturated carbocycles. The summed E-state index contributed by atoms with van der Waals surface area (Å²) < 4.78 is 2.19. The molecule has 1 aromatic heterocycles. The summed E-state index contributed by atoms with van der Waals surface area (Å²) in [5.41, 5.74) is 1.18. The van der Waals surface area contributed by atoms with Gasteiger partial charge in [0.15, 0.2) is 0 Å². The summed E-state index contributed by atoms with van der Waals surface area (Å²) in [5, 5.41) is 3.48. The van der Waals surface area contributed by atoms with Crippen molar-refractivity contribution in [3.8, 4) is 5.69 Å². The summed E-state index contributed by atoms with van der Waals surface area (Å²) in [4.78, 5) is 7.01. The van der Waals surface area contributed by atoms with Crippen LogP contribution in [-0.2, 0) is 6.54 Å². The maximum Gasteiger partial charge on any atom is 0.127 e. The lowest BCUT2D eigenvalue weighted by atomic mass is 10.1. The monoisotopic (exact) mass is 320 g/mol. The van der Waals surface area contributed by atoms with Crippen molar-refractivity contribution in [1.29, 1.82) is 0 Å². The number of imidazole rings is 1. The maximum absolute atomic E-state index is 4.56. The van der Waals surface area contributed by atoms with Crippen molar-refractivity contribution in [2.75, 3.05) is 20.1 Å². The number of para-hydroxylation sites is 1. The van der Waals surface area contributed by atoms with E-state index in [9.17, 15) is 0 Å². The second-order valence-electron chi connectivity index (χ2n) is 5.80. The topological polar surface area (TPSA) is 33.1 Å². The van der Waals surface area contributed by atoms with Crippen molar-refractivity contribution in [3.05, 3.63) is 48.5 Å². The minimum Gasteiger partial charge on any atom is -0.317 e. The van der Waals surface area contributed by atoms with Crippen LogP contribution in [0.1, 0.15) is 25.1 Å². The third kappa shape index (κ3) is 4.09. The molecule has 1 aliphatic heterocycles. The van der Waals surface area contributed by atoms with Gasteiger partial charge in [0.1, 0.15) is 5.82 Å². The Labute approximate surface area is 139 Å². The number of hydrogen-bond donors (Lipinski definition) is 1. The highest BCUT2D eigenvalue weighted by atomic mass is 35.5. The molecule has 0 amide bonds. The number of aromatic nitrogens is 2. The molecule has 0 spiro atoms. The average molecular weight is 321 g/mol. The highest BCUT2D eigenvalue weighted by Crippen LogP contribution is 2.16. The van der Waals surface area contributed by atoms with E-state index in [2.05, 4.69) is 51.1 Å². The first kappa shape index (κ1) is 17.0. The molecular formula is C17H25ClN4. The average Bonchev–Trinajstić information content (AvgIpc) is 2.81. The summed E-state index contributed by atoms with van der Waals surface area (Å²) in [6, 6.07) is 11.1. The van der Waals surface area contributed by atoms with Gasteiger partial charge in [0.05, 0.1) is 6.54 Å². The van der Waals surface area contributed by atoms with Gasteiger partial charge in [-0.05, 0) is 51.5 Å². The van der Waals surface area contributed by atoms with E-state index in [1.165, 1.54) is 24.9 Å². The molecule has 1 unspecified atom stereocenters. The Bertz CT molecular complexity index is 547. The molecule has 0 bridgehead atoms. The Balaban J connectivity index is 0.00000176.